The van der Waals surface area contributed by atoms with E-state index in [1.54, 1.807) is 13.1 Å². The normalized spacial score (nSPS) is 11.0. The summed E-state index contributed by atoms with van der Waals surface area (Å²) in [6.45, 7) is 0. The summed E-state index contributed by atoms with van der Waals surface area (Å²) in [5.74, 6) is 0. The van der Waals surface area contributed by atoms with E-state index in [4.69, 9.17) is 0 Å². The molecule has 0 bridgehead atoms. The molecule has 0 aliphatic heterocycles. The Morgan fingerprint density at radius 3 is 2.52 bits per heavy atom. The number of hydrogen-bond donors (Lipinski definition) is 0. The zero-order chi connectivity index (χ0) is 15.6. The molecule has 2 heterocycles. The van der Waals surface area contributed by atoms with Gasteiger partial charge in [-0.1, -0.05) is 0 Å². The van der Waals surface area contributed by atoms with Crippen LogP contribution in [0.3, 0.4) is 0 Å². The van der Waals surface area contributed by atoms with Crippen LogP contribution < -0.4 is 11.2 Å². The minimum absolute atomic E-state index is 0.106. The van der Waals surface area contributed by atoms with E-state index < -0.39 is 16.2 Å². The number of aromatic nitrogens is 3. The maximum absolute atomic E-state index is 11.9. The van der Waals surface area contributed by atoms with Crippen LogP contribution in [0.15, 0.2) is 34.1 Å². The molecule has 0 fully saturated rings. The number of pyridine rings is 1. The number of nitrogens with zero attached hydrogens (tertiary/aromatic N) is 4. The Bertz CT molecular complexity index is 831. The Morgan fingerprint density at radius 2 is 1.95 bits per heavy atom. The van der Waals surface area contributed by atoms with E-state index in [0.717, 1.165) is 10.8 Å². The van der Waals surface area contributed by atoms with Gasteiger partial charge in [-0.3, -0.25) is 19.5 Å². The predicted molar refractivity (Wildman–Crippen MR) is 76.7 cm³/mol. The molecule has 0 spiro atoms. The molecule has 2 rings (SSSR count). The topological polar surface area (TPSA) is 100 Å². The summed E-state index contributed by atoms with van der Waals surface area (Å²) in [6.07, 6.45) is 5.62. The summed E-state index contributed by atoms with van der Waals surface area (Å²) < 4.78 is 2.30. The summed E-state index contributed by atoms with van der Waals surface area (Å²) in [6, 6.07) is 2.80. The van der Waals surface area contributed by atoms with Gasteiger partial charge in [0, 0.05) is 26.4 Å². The predicted octanol–water partition coefficient (Wildman–Crippen LogP) is 0.558. The van der Waals surface area contributed by atoms with Gasteiger partial charge in [0.1, 0.15) is 6.20 Å². The van der Waals surface area contributed by atoms with E-state index in [9.17, 15) is 19.7 Å². The first-order valence-corrected chi connectivity index (χ1v) is 5.95. The van der Waals surface area contributed by atoms with E-state index in [2.05, 4.69) is 4.98 Å². The van der Waals surface area contributed by atoms with Crippen LogP contribution >= 0.6 is 0 Å². The molecule has 8 nitrogen and oxygen atoms in total. The molecule has 0 saturated carbocycles. The van der Waals surface area contributed by atoms with E-state index in [-0.39, 0.29) is 5.69 Å². The Labute approximate surface area is 118 Å². The number of aryl methyl sites for hydroxylation is 1. The third kappa shape index (κ3) is 2.94. The van der Waals surface area contributed by atoms with E-state index in [0.29, 0.717) is 11.3 Å². The lowest BCUT2D eigenvalue weighted by molar-refractivity contribution is -0.385. The van der Waals surface area contributed by atoms with Crippen LogP contribution in [0.25, 0.3) is 12.2 Å². The van der Waals surface area contributed by atoms with Crippen LogP contribution in [-0.4, -0.2) is 19.0 Å². The molecule has 0 aromatic carbocycles. The van der Waals surface area contributed by atoms with E-state index in [1.807, 2.05) is 0 Å². The highest BCUT2D eigenvalue weighted by atomic mass is 16.6. The molecule has 0 amide bonds. The lowest BCUT2D eigenvalue weighted by atomic mass is 10.2. The van der Waals surface area contributed by atoms with Crippen molar-refractivity contribution in [3.05, 3.63) is 66.7 Å². The molecule has 2 aromatic rings. The molecule has 108 valence electrons. The van der Waals surface area contributed by atoms with Crippen molar-refractivity contribution in [3.8, 4) is 0 Å². The van der Waals surface area contributed by atoms with Gasteiger partial charge >= 0.3 is 5.69 Å². The number of nitro groups is 1. The summed E-state index contributed by atoms with van der Waals surface area (Å²) >= 11 is 0. The third-order valence-electron chi connectivity index (χ3n) is 2.89. The van der Waals surface area contributed by atoms with Crippen molar-refractivity contribution in [1.82, 2.24) is 14.1 Å². The fourth-order valence-corrected chi connectivity index (χ4v) is 1.73. The SMILES string of the molecule is Cn1cc(C=Cc2ccc([N+](=O)[O-])cn2)c(=O)n(C)c1=O. The fraction of sp³-hybridized carbons (Fsp3) is 0.154. The van der Waals surface area contributed by atoms with Crippen LogP contribution in [0.1, 0.15) is 11.3 Å². The van der Waals surface area contributed by atoms with Crippen molar-refractivity contribution in [2.75, 3.05) is 0 Å². The largest absolute Gasteiger partial charge is 0.330 e. The molecular formula is C13H12N4O4. The highest BCUT2D eigenvalue weighted by Crippen LogP contribution is 2.10. The van der Waals surface area contributed by atoms with Crippen molar-refractivity contribution in [1.29, 1.82) is 0 Å². The molecule has 2 aromatic heterocycles. The monoisotopic (exact) mass is 288 g/mol. The number of hydrogen-bond acceptors (Lipinski definition) is 5. The summed E-state index contributed by atoms with van der Waals surface area (Å²) in [4.78, 5) is 37.3. The quantitative estimate of drug-likeness (QED) is 0.606. The van der Waals surface area contributed by atoms with Crippen LogP contribution in [0, 0.1) is 10.1 Å². The van der Waals surface area contributed by atoms with Gasteiger partial charge in [0.05, 0.1) is 16.2 Å². The van der Waals surface area contributed by atoms with Crippen molar-refractivity contribution in [2.24, 2.45) is 14.1 Å². The molecule has 0 radical (unpaired) electrons. The second kappa shape index (κ2) is 5.53. The molecule has 0 unspecified atom stereocenters. The zero-order valence-corrected chi connectivity index (χ0v) is 11.4. The van der Waals surface area contributed by atoms with E-state index in [1.165, 1.54) is 36.0 Å². The first-order valence-electron chi connectivity index (χ1n) is 5.95. The van der Waals surface area contributed by atoms with Crippen LogP contribution in [0.5, 0.6) is 0 Å². The van der Waals surface area contributed by atoms with E-state index >= 15 is 0 Å². The molecular weight excluding hydrogens is 276 g/mol. The van der Waals surface area contributed by atoms with Crippen LogP contribution in [-0.2, 0) is 14.1 Å². The first kappa shape index (κ1) is 14.4. The summed E-state index contributed by atoms with van der Waals surface area (Å²) in [5, 5.41) is 10.5. The lowest BCUT2D eigenvalue weighted by Crippen LogP contribution is -2.37. The first-order chi connectivity index (χ1) is 9.90. The highest BCUT2D eigenvalue weighted by Gasteiger charge is 2.05. The second-order valence-electron chi connectivity index (χ2n) is 4.37. The van der Waals surface area contributed by atoms with Gasteiger partial charge in [0.2, 0.25) is 0 Å². The minimum atomic E-state index is -0.538. The van der Waals surface area contributed by atoms with Gasteiger partial charge in [-0.15, -0.1) is 0 Å². The highest BCUT2D eigenvalue weighted by molar-refractivity contribution is 5.67. The average Bonchev–Trinajstić information content (AvgIpc) is 2.48. The molecule has 0 atom stereocenters. The van der Waals surface area contributed by atoms with Crippen LogP contribution in [0.4, 0.5) is 5.69 Å². The molecule has 0 N–H and O–H groups in total. The molecule has 8 heteroatoms. The second-order valence-corrected chi connectivity index (χ2v) is 4.37. The Balaban J connectivity index is 2.36. The molecule has 21 heavy (non-hydrogen) atoms. The van der Waals surface area contributed by atoms with Gasteiger partial charge in [0.25, 0.3) is 11.2 Å². The maximum atomic E-state index is 11.9. The van der Waals surface area contributed by atoms with Gasteiger partial charge in [-0.25, -0.2) is 9.78 Å². The smallest absolute Gasteiger partial charge is 0.303 e. The molecule has 0 aliphatic carbocycles. The minimum Gasteiger partial charge on any atom is -0.303 e. The molecule has 0 aliphatic rings. The Kier molecular flexibility index (Phi) is 3.79. The van der Waals surface area contributed by atoms with Crippen LogP contribution in [0.2, 0.25) is 0 Å². The summed E-state index contributed by atoms with van der Waals surface area (Å²) in [7, 11) is 2.94. The zero-order valence-electron chi connectivity index (χ0n) is 11.4. The summed E-state index contributed by atoms with van der Waals surface area (Å²) in [5.41, 5.74) is -0.150. The fourth-order valence-electron chi connectivity index (χ4n) is 1.73. The standard InChI is InChI=1S/C13H12N4O4/c1-15-8-9(12(18)16(2)13(15)19)3-4-10-5-6-11(7-14-10)17(20)21/h3-8H,1-2H3. The lowest BCUT2D eigenvalue weighted by Gasteiger charge is -2.03. The average molecular weight is 288 g/mol. The van der Waals surface area contributed by atoms with Gasteiger partial charge in [-0.2, -0.15) is 0 Å². The van der Waals surface area contributed by atoms with Crippen molar-refractivity contribution in [3.63, 3.8) is 0 Å². The van der Waals surface area contributed by atoms with Gasteiger partial charge in [-0.05, 0) is 18.2 Å². The van der Waals surface area contributed by atoms with Crippen molar-refractivity contribution in [2.45, 2.75) is 0 Å². The van der Waals surface area contributed by atoms with Gasteiger partial charge < -0.3 is 4.57 Å². The van der Waals surface area contributed by atoms with Gasteiger partial charge in [0.15, 0.2) is 0 Å². The van der Waals surface area contributed by atoms with Crippen molar-refractivity contribution >= 4 is 17.8 Å². The third-order valence-corrected chi connectivity index (χ3v) is 2.89. The molecule has 0 saturated heterocycles. The van der Waals surface area contributed by atoms with Crippen molar-refractivity contribution < 1.29 is 4.92 Å². The maximum Gasteiger partial charge on any atom is 0.330 e. The number of rotatable bonds is 3. The Morgan fingerprint density at radius 1 is 1.24 bits per heavy atom. The Hall–Kier alpha value is -3.03.